The van der Waals surface area contributed by atoms with E-state index < -0.39 is 5.54 Å². The quantitative estimate of drug-likeness (QED) is 0.894. The third kappa shape index (κ3) is 3.64. The molecule has 2 rings (SSSR count). The van der Waals surface area contributed by atoms with Gasteiger partial charge in [0.05, 0.1) is 23.9 Å². The lowest BCUT2D eigenvalue weighted by atomic mass is 9.64. The highest BCUT2D eigenvalue weighted by Crippen LogP contribution is 2.43. The average molecular weight is 293 g/mol. The van der Waals surface area contributed by atoms with Crippen LogP contribution in [-0.4, -0.2) is 32.9 Å². The van der Waals surface area contributed by atoms with Crippen LogP contribution in [0.3, 0.4) is 0 Å². The summed E-state index contributed by atoms with van der Waals surface area (Å²) in [5, 5.41) is 17.1. The van der Waals surface area contributed by atoms with E-state index in [4.69, 9.17) is 0 Å². The molecule has 0 bridgehead atoms. The van der Waals surface area contributed by atoms with Crippen LogP contribution in [0.5, 0.6) is 0 Å². The second kappa shape index (κ2) is 5.79. The third-order valence-electron chi connectivity index (χ3n) is 4.36. The Labute approximate surface area is 126 Å². The predicted octanol–water partition coefficient (Wildman–Crippen LogP) is 2.21. The molecule has 1 aliphatic carbocycles. The molecule has 0 unspecified atom stereocenters. The highest BCUT2D eigenvalue weighted by Gasteiger charge is 2.43. The fourth-order valence-electron chi connectivity index (χ4n) is 3.96. The number of aromatic nitrogens is 2. The van der Waals surface area contributed by atoms with E-state index in [0.29, 0.717) is 11.5 Å². The van der Waals surface area contributed by atoms with Crippen LogP contribution < -0.4 is 5.32 Å². The van der Waals surface area contributed by atoms with E-state index in [-0.39, 0.29) is 17.9 Å². The van der Waals surface area contributed by atoms with Crippen LogP contribution in [0.25, 0.3) is 0 Å². The number of hydrogen-bond acceptors (Lipinski definition) is 3. The molecule has 2 N–H and O–H groups in total. The van der Waals surface area contributed by atoms with Crippen LogP contribution in [0.1, 0.15) is 57.3 Å². The van der Waals surface area contributed by atoms with Crippen molar-refractivity contribution in [3.63, 3.8) is 0 Å². The van der Waals surface area contributed by atoms with Gasteiger partial charge in [0.2, 0.25) is 0 Å². The molecule has 1 amide bonds. The fourth-order valence-corrected chi connectivity index (χ4v) is 3.96. The van der Waals surface area contributed by atoms with Crippen LogP contribution in [-0.2, 0) is 6.54 Å². The Morgan fingerprint density at radius 1 is 1.52 bits per heavy atom. The van der Waals surface area contributed by atoms with Crippen molar-refractivity contribution < 1.29 is 9.90 Å². The normalized spacial score (nSPS) is 28.3. The first kappa shape index (κ1) is 16.0. The standard InChI is InChI=1S/C16H27N3O2/c1-5-19-9-13(8-17-19)14(21)18-16(11-20)7-12(2)6-15(3,4)10-16/h8-9,12,20H,5-7,10-11H2,1-4H3,(H,18,21)/t12-,16+/m0/s1. The van der Waals surface area contributed by atoms with Crippen LogP contribution in [0.4, 0.5) is 0 Å². The topological polar surface area (TPSA) is 67.2 Å². The van der Waals surface area contributed by atoms with E-state index in [2.05, 4.69) is 31.2 Å². The van der Waals surface area contributed by atoms with Gasteiger partial charge in [-0.2, -0.15) is 5.10 Å². The lowest BCUT2D eigenvalue weighted by Crippen LogP contribution is -2.57. The first-order valence-electron chi connectivity index (χ1n) is 7.75. The highest BCUT2D eigenvalue weighted by atomic mass is 16.3. The minimum atomic E-state index is -0.521. The van der Waals surface area contributed by atoms with Crippen molar-refractivity contribution in [3.05, 3.63) is 18.0 Å². The molecule has 1 heterocycles. The van der Waals surface area contributed by atoms with Gasteiger partial charge in [-0.25, -0.2) is 0 Å². The van der Waals surface area contributed by atoms with E-state index in [9.17, 15) is 9.90 Å². The molecule has 1 fully saturated rings. The lowest BCUT2D eigenvalue weighted by molar-refractivity contribution is 0.0334. The molecule has 0 spiro atoms. The lowest BCUT2D eigenvalue weighted by Gasteiger charge is -2.47. The van der Waals surface area contributed by atoms with Gasteiger partial charge in [-0.15, -0.1) is 0 Å². The smallest absolute Gasteiger partial charge is 0.254 e. The Hall–Kier alpha value is -1.36. The molecule has 0 saturated heterocycles. The fraction of sp³-hybridized carbons (Fsp3) is 0.750. The van der Waals surface area contributed by atoms with Gasteiger partial charge >= 0.3 is 0 Å². The van der Waals surface area contributed by atoms with Gasteiger partial charge < -0.3 is 10.4 Å². The summed E-state index contributed by atoms with van der Waals surface area (Å²) in [6.45, 7) is 9.29. The SMILES string of the molecule is CCn1cc(C(=O)N[C@]2(CO)C[C@@H](C)CC(C)(C)C2)cn1. The van der Waals surface area contributed by atoms with Gasteiger partial charge in [0.25, 0.3) is 5.91 Å². The van der Waals surface area contributed by atoms with E-state index in [1.165, 1.54) is 0 Å². The number of aryl methyl sites for hydroxylation is 1. The Balaban J connectivity index is 2.15. The first-order valence-corrected chi connectivity index (χ1v) is 7.75. The van der Waals surface area contributed by atoms with Gasteiger partial charge in [-0.3, -0.25) is 9.48 Å². The van der Waals surface area contributed by atoms with E-state index in [1.807, 2.05) is 6.92 Å². The first-order chi connectivity index (χ1) is 9.79. The monoisotopic (exact) mass is 293 g/mol. The van der Waals surface area contributed by atoms with Crippen LogP contribution in [0.15, 0.2) is 12.4 Å². The van der Waals surface area contributed by atoms with Gasteiger partial charge in [-0.1, -0.05) is 20.8 Å². The molecule has 2 atom stereocenters. The summed E-state index contributed by atoms with van der Waals surface area (Å²) >= 11 is 0. The number of carbonyl (C=O) groups is 1. The molecule has 1 aliphatic rings. The molecule has 1 aromatic rings. The molecule has 118 valence electrons. The van der Waals surface area contributed by atoms with Crippen molar-refractivity contribution in [2.45, 2.75) is 59.0 Å². The summed E-state index contributed by atoms with van der Waals surface area (Å²) in [5.41, 5.74) is 0.161. The molecule has 1 aromatic heterocycles. The number of hydrogen-bond donors (Lipinski definition) is 2. The number of aliphatic hydroxyl groups excluding tert-OH is 1. The number of rotatable bonds is 4. The zero-order valence-electron chi connectivity index (χ0n) is 13.5. The van der Waals surface area contributed by atoms with Gasteiger partial charge in [0.1, 0.15) is 0 Å². The third-order valence-corrected chi connectivity index (χ3v) is 4.36. The summed E-state index contributed by atoms with van der Waals surface area (Å²) in [6.07, 6.45) is 6.08. The number of aliphatic hydroxyl groups is 1. The summed E-state index contributed by atoms with van der Waals surface area (Å²) < 4.78 is 1.73. The van der Waals surface area contributed by atoms with Crippen LogP contribution >= 0.6 is 0 Å². The summed E-state index contributed by atoms with van der Waals surface area (Å²) in [4.78, 5) is 12.4. The zero-order valence-corrected chi connectivity index (χ0v) is 13.5. The minimum Gasteiger partial charge on any atom is -0.394 e. The van der Waals surface area contributed by atoms with Gasteiger partial charge in [-0.05, 0) is 37.5 Å². The average Bonchev–Trinajstić information content (AvgIpc) is 2.85. The summed E-state index contributed by atoms with van der Waals surface area (Å²) in [7, 11) is 0. The van der Waals surface area contributed by atoms with Crippen molar-refractivity contribution in [3.8, 4) is 0 Å². The van der Waals surface area contributed by atoms with Crippen molar-refractivity contribution in [2.75, 3.05) is 6.61 Å². The Bertz CT molecular complexity index is 509. The second-order valence-corrected chi connectivity index (χ2v) is 7.33. The zero-order chi connectivity index (χ0) is 15.7. The summed E-state index contributed by atoms with van der Waals surface area (Å²) in [6, 6.07) is 0. The van der Waals surface area contributed by atoms with E-state index >= 15 is 0 Å². The minimum absolute atomic E-state index is 0.0194. The van der Waals surface area contributed by atoms with Crippen LogP contribution in [0, 0.1) is 11.3 Å². The van der Waals surface area contributed by atoms with Crippen molar-refractivity contribution in [1.82, 2.24) is 15.1 Å². The van der Waals surface area contributed by atoms with Gasteiger partial charge in [0, 0.05) is 12.7 Å². The number of carbonyl (C=O) groups excluding carboxylic acids is 1. The Morgan fingerprint density at radius 2 is 2.24 bits per heavy atom. The molecular weight excluding hydrogens is 266 g/mol. The Kier molecular flexibility index (Phi) is 4.42. The maximum absolute atomic E-state index is 12.4. The largest absolute Gasteiger partial charge is 0.394 e. The number of nitrogens with one attached hydrogen (secondary N) is 1. The van der Waals surface area contributed by atoms with E-state index in [0.717, 1.165) is 25.8 Å². The molecule has 0 aromatic carbocycles. The van der Waals surface area contributed by atoms with Crippen molar-refractivity contribution in [2.24, 2.45) is 11.3 Å². The molecule has 21 heavy (non-hydrogen) atoms. The highest BCUT2D eigenvalue weighted by molar-refractivity contribution is 5.94. The second-order valence-electron chi connectivity index (χ2n) is 7.33. The predicted molar refractivity (Wildman–Crippen MR) is 82.0 cm³/mol. The van der Waals surface area contributed by atoms with E-state index in [1.54, 1.807) is 17.1 Å². The molecular formula is C16H27N3O2. The molecule has 5 heteroatoms. The van der Waals surface area contributed by atoms with Crippen LogP contribution in [0.2, 0.25) is 0 Å². The van der Waals surface area contributed by atoms with Crippen molar-refractivity contribution >= 4 is 5.91 Å². The maximum Gasteiger partial charge on any atom is 0.254 e. The Morgan fingerprint density at radius 3 is 2.76 bits per heavy atom. The maximum atomic E-state index is 12.4. The molecule has 0 radical (unpaired) electrons. The molecule has 5 nitrogen and oxygen atoms in total. The molecule has 1 saturated carbocycles. The number of amides is 1. The summed E-state index contributed by atoms with van der Waals surface area (Å²) in [5.74, 6) is 0.341. The van der Waals surface area contributed by atoms with Crippen molar-refractivity contribution in [1.29, 1.82) is 0 Å². The van der Waals surface area contributed by atoms with Gasteiger partial charge in [0.15, 0.2) is 0 Å². The number of nitrogens with zero attached hydrogens (tertiary/aromatic N) is 2. The molecule has 0 aliphatic heterocycles.